The first-order valence-electron chi connectivity index (χ1n) is 6.57. The molecule has 1 aromatic rings. The Labute approximate surface area is 112 Å². The van der Waals surface area contributed by atoms with Crippen LogP contribution in [-0.2, 0) is 6.42 Å². The zero-order valence-electron chi connectivity index (χ0n) is 10.7. The summed E-state index contributed by atoms with van der Waals surface area (Å²) in [4.78, 5) is 1.25. The average molecular weight is 265 g/mol. The predicted octanol–water partition coefficient (Wildman–Crippen LogP) is 2.47. The minimum absolute atomic E-state index is 0.624. The highest BCUT2D eigenvalue weighted by atomic mass is 32.2. The molecule has 1 N–H and O–H groups in total. The van der Waals surface area contributed by atoms with Crippen molar-refractivity contribution in [3.8, 4) is 11.5 Å². The van der Waals surface area contributed by atoms with Gasteiger partial charge in [0.2, 0.25) is 0 Å². The van der Waals surface area contributed by atoms with Crippen LogP contribution in [0.1, 0.15) is 18.4 Å². The number of fused-ring (bicyclic) bond motifs is 1. The number of benzene rings is 1. The van der Waals surface area contributed by atoms with E-state index in [4.69, 9.17) is 9.47 Å². The summed E-state index contributed by atoms with van der Waals surface area (Å²) >= 11 is 1.76. The SMILES string of the molecule is CSc1c(CC2CCCN2)ccc2c1OCCO2. The van der Waals surface area contributed by atoms with Crippen LogP contribution < -0.4 is 14.8 Å². The smallest absolute Gasteiger partial charge is 0.175 e. The summed E-state index contributed by atoms with van der Waals surface area (Å²) in [6.07, 6.45) is 5.78. The molecule has 0 aromatic heterocycles. The molecule has 0 spiro atoms. The van der Waals surface area contributed by atoms with Gasteiger partial charge in [-0.15, -0.1) is 11.8 Å². The van der Waals surface area contributed by atoms with E-state index in [1.54, 1.807) is 11.8 Å². The van der Waals surface area contributed by atoms with E-state index < -0.39 is 0 Å². The van der Waals surface area contributed by atoms with Crippen molar-refractivity contribution in [2.75, 3.05) is 26.0 Å². The molecular weight excluding hydrogens is 246 g/mol. The molecule has 2 heterocycles. The highest BCUT2D eigenvalue weighted by molar-refractivity contribution is 7.98. The summed E-state index contributed by atoms with van der Waals surface area (Å²) in [6.45, 7) is 2.47. The summed E-state index contributed by atoms with van der Waals surface area (Å²) < 4.78 is 11.4. The van der Waals surface area contributed by atoms with Gasteiger partial charge in [-0.3, -0.25) is 0 Å². The van der Waals surface area contributed by atoms with Gasteiger partial charge in [-0.2, -0.15) is 0 Å². The molecule has 18 heavy (non-hydrogen) atoms. The van der Waals surface area contributed by atoms with Crippen molar-refractivity contribution in [1.82, 2.24) is 5.32 Å². The van der Waals surface area contributed by atoms with Crippen molar-refractivity contribution in [1.29, 1.82) is 0 Å². The van der Waals surface area contributed by atoms with E-state index in [2.05, 4.69) is 23.7 Å². The van der Waals surface area contributed by atoms with Gasteiger partial charge in [0, 0.05) is 6.04 Å². The van der Waals surface area contributed by atoms with Gasteiger partial charge in [0.05, 0.1) is 4.90 Å². The molecule has 0 bridgehead atoms. The second-order valence-electron chi connectivity index (χ2n) is 4.78. The van der Waals surface area contributed by atoms with E-state index in [1.807, 2.05) is 0 Å². The van der Waals surface area contributed by atoms with Crippen molar-refractivity contribution >= 4 is 11.8 Å². The van der Waals surface area contributed by atoms with Crippen LogP contribution in [0.2, 0.25) is 0 Å². The minimum Gasteiger partial charge on any atom is -0.486 e. The Bertz CT molecular complexity index is 430. The van der Waals surface area contributed by atoms with Crippen LogP contribution in [0.5, 0.6) is 11.5 Å². The van der Waals surface area contributed by atoms with Crippen LogP contribution in [0, 0.1) is 0 Å². The molecule has 1 saturated heterocycles. The minimum atomic E-state index is 0.624. The monoisotopic (exact) mass is 265 g/mol. The number of ether oxygens (including phenoxy) is 2. The zero-order valence-corrected chi connectivity index (χ0v) is 11.5. The van der Waals surface area contributed by atoms with Crippen molar-refractivity contribution in [3.05, 3.63) is 17.7 Å². The topological polar surface area (TPSA) is 30.5 Å². The molecule has 1 unspecified atom stereocenters. The zero-order chi connectivity index (χ0) is 12.4. The molecule has 1 aromatic carbocycles. The molecule has 1 fully saturated rings. The maximum atomic E-state index is 5.78. The molecule has 1 atom stereocenters. The molecule has 3 rings (SSSR count). The normalized spacial score (nSPS) is 22.2. The molecule has 0 amide bonds. The van der Waals surface area contributed by atoms with Crippen molar-refractivity contribution in [2.24, 2.45) is 0 Å². The van der Waals surface area contributed by atoms with Crippen LogP contribution in [-0.4, -0.2) is 32.1 Å². The van der Waals surface area contributed by atoms with E-state index in [0.717, 1.165) is 24.5 Å². The third-order valence-electron chi connectivity index (χ3n) is 3.58. The van der Waals surface area contributed by atoms with Crippen molar-refractivity contribution < 1.29 is 9.47 Å². The highest BCUT2D eigenvalue weighted by Crippen LogP contribution is 2.41. The lowest BCUT2D eigenvalue weighted by Gasteiger charge is -2.23. The van der Waals surface area contributed by atoms with Gasteiger partial charge in [0.25, 0.3) is 0 Å². The Morgan fingerprint density at radius 1 is 1.33 bits per heavy atom. The summed E-state index contributed by atoms with van der Waals surface area (Å²) in [5.41, 5.74) is 1.38. The van der Waals surface area contributed by atoms with Crippen molar-refractivity contribution in [2.45, 2.75) is 30.2 Å². The third kappa shape index (κ3) is 2.31. The van der Waals surface area contributed by atoms with E-state index in [0.29, 0.717) is 19.3 Å². The molecular formula is C14H19NO2S. The third-order valence-corrected chi connectivity index (χ3v) is 4.43. The summed E-state index contributed by atoms with van der Waals surface area (Å²) in [5.74, 6) is 1.85. The Balaban J connectivity index is 1.88. The fraction of sp³-hybridized carbons (Fsp3) is 0.571. The summed E-state index contributed by atoms with van der Waals surface area (Å²) in [5, 5.41) is 3.56. The number of nitrogens with one attached hydrogen (secondary N) is 1. The van der Waals surface area contributed by atoms with Crippen LogP contribution in [0.15, 0.2) is 17.0 Å². The first kappa shape index (κ1) is 12.2. The second kappa shape index (κ2) is 5.41. The fourth-order valence-corrected chi connectivity index (χ4v) is 3.47. The number of thioether (sulfide) groups is 1. The maximum absolute atomic E-state index is 5.78. The standard InChI is InChI=1S/C14H19NO2S/c1-18-14-10(9-11-3-2-6-15-11)4-5-12-13(14)17-8-7-16-12/h4-5,11,15H,2-3,6-9H2,1H3. The van der Waals surface area contributed by atoms with E-state index in [9.17, 15) is 0 Å². The largest absolute Gasteiger partial charge is 0.486 e. The summed E-state index contributed by atoms with van der Waals surface area (Å²) in [7, 11) is 0. The Hall–Kier alpha value is -0.870. The molecule has 0 radical (unpaired) electrons. The first-order chi connectivity index (χ1) is 8.88. The van der Waals surface area contributed by atoms with Crippen LogP contribution in [0.3, 0.4) is 0 Å². The highest BCUT2D eigenvalue weighted by Gasteiger charge is 2.21. The predicted molar refractivity (Wildman–Crippen MR) is 73.9 cm³/mol. The second-order valence-corrected chi connectivity index (χ2v) is 5.60. The van der Waals surface area contributed by atoms with Crippen LogP contribution in [0.4, 0.5) is 0 Å². The van der Waals surface area contributed by atoms with Gasteiger partial charge >= 0.3 is 0 Å². The van der Waals surface area contributed by atoms with Gasteiger partial charge in [-0.25, -0.2) is 0 Å². The fourth-order valence-electron chi connectivity index (χ4n) is 2.71. The summed E-state index contributed by atoms with van der Waals surface area (Å²) in [6, 6.07) is 4.87. The lowest BCUT2D eigenvalue weighted by molar-refractivity contribution is 0.167. The molecule has 2 aliphatic heterocycles. The van der Waals surface area contributed by atoms with Gasteiger partial charge in [0.15, 0.2) is 11.5 Å². The Kier molecular flexibility index (Phi) is 3.66. The quantitative estimate of drug-likeness (QED) is 0.851. The van der Waals surface area contributed by atoms with Gasteiger partial charge in [0.1, 0.15) is 13.2 Å². The van der Waals surface area contributed by atoms with E-state index in [1.165, 1.54) is 23.3 Å². The number of hydrogen-bond donors (Lipinski definition) is 1. The van der Waals surface area contributed by atoms with E-state index in [-0.39, 0.29) is 0 Å². The van der Waals surface area contributed by atoms with Gasteiger partial charge < -0.3 is 14.8 Å². The number of rotatable bonds is 3. The number of hydrogen-bond acceptors (Lipinski definition) is 4. The van der Waals surface area contributed by atoms with E-state index >= 15 is 0 Å². The van der Waals surface area contributed by atoms with Crippen LogP contribution in [0.25, 0.3) is 0 Å². The molecule has 4 heteroatoms. The lowest BCUT2D eigenvalue weighted by atomic mass is 10.0. The van der Waals surface area contributed by atoms with Crippen molar-refractivity contribution in [3.63, 3.8) is 0 Å². The molecule has 2 aliphatic rings. The molecule has 98 valence electrons. The Morgan fingerprint density at radius 2 is 2.22 bits per heavy atom. The average Bonchev–Trinajstić information content (AvgIpc) is 2.91. The maximum Gasteiger partial charge on any atom is 0.175 e. The molecule has 3 nitrogen and oxygen atoms in total. The molecule has 0 saturated carbocycles. The van der Waals surface area contributed by atoms with Gasteiger partial charge in [-0.05, 0) is 43.7 Å². The molecule has 0 aliphatic carbocycles. The Morgan fingerprint density at radius 3 is 3.00 bits per heavy atom. The van der Waals surface area contributed by atoms with Crippen LogP contribution >= 0.6 is 11.8 Å². The first-order valence-corrected chi connectivity index (χ1v) is 7.80. The lowest BCUT2D eigenvalue weighted by Crippen LogP contribution is -2.24. The van der Waals surface area contributed by atoms with Gasteiger partial charge in [-0.1, -0.05) is 6.07 Å².